The first-order chi connectivity index (χ1) is 12.7. The Morgan fingerprint density at radius 3 is 2.27 bits per heavy atom. The van der Waals surface area contributed by atoms with E-state index in [0.717, 1.165) is 22.3 Å². The zero-order valence-corrected chi connectivity index (χ0v) is 14.7. The number of rotatable bonds is 4. The smallest absolute Gasteiger partial charge is 0.197 e. The van der Waals surface area contributed by atoms with Gasteiger partial charge < -0.3 is 9.15 Å². The van der Waals surface area contributed by atoms with Gasteiger partial charge in [-0.2, -0.15) is 0 Å². The number of benzene rings is 3. The van der Waals surface area contributed by atoms with Crippen molar-refractivity contribution in [2.45, 2.75) is 6.92 Å². The lowest BCUT2D eigenvalue weighted by molar-refractivity contribution is 0.104. The number of carbonyl (C=O) groups excluding carboxylic acids is 1. The summed E-state index contributed by atoms with van der Waals surface area (Å²) in [4.78, 5) is 13.3. The Hall–Kier alpha value is -3.33. The Morgan fingerprint density at radius 2 is 1.58 bits per heavy atom. The van der Waals surface area contributed by atoms with Gasteiger partial charge in [0.2, 0.25) is 0 Å². The molecular formula is C23H18O3. The number of hydrogen-bond donors (Lipinski definition) is 0. The van der Waals surface area contributed by atoms with Gasteiger partial charge in [-0.15, -0.1) is 0 Å². The lowest BCUT2D eigenvalue weighted by Crippen LogP contribution is -2.02. The van der Waals surface area contributed by atoms with Crippen molar-refractivity contribution in [3.8, 4) is 17.1 Å². The number of fused-ring (bicyclic) bond motifs is 1. The van der Waals surface area contributed by atoms with Crippen LogP contribution in [0.3, 0.4) is 0 Å². The van der Waals surface area contributed by atoms with E-state index in [0.29, 0.717) is 22.5 Å². The number of hydrogen-bond acceptors (Lipinski definition) is 3. The highest BCUT2D eigenvalue weighted by molar-refractivity contribution is 6.19. The maximum absolute atomic E-state index is 13.3. The van der Waals surface area contributed by atoms with Crippen molar-refractivity contribution in [3.05, 3.63) is 89.5 Å². The molecule has 4 aromatic rings. The van der Waals surface area contributed by atoms with Crippen LogP contribution in [0.5, 0.6) is 5.75 Å². The number of carbonyl (C=O) groups is 1. The molecule has 0 aliphatic carbocycles. The van der Waals surface area contributed by atoms with Gasteiger partial charge in [0.1, 0.15) is 17.1 Å². The van der Waals surface area contributed by atoms with Gasteiger partial charge in [0.25, 0.3) is 0 Å². The molecule has 4 rings (SSSR count). The molecule has 26 heavy (non-hydrogen) atoms. The van der Waals surface area contributed by atoms with Gasteiger partial charge in [0, 0.05) is 16.5 Å². The van der Waals surface area contributed by atoms with Crippen LogP contribution in [0.1, 0.15) is 21.5 Å². The SMILES string of the molecule is COc1ccc(-c2oc3ccccc3c2C(=O)c2ccc(C)cc2)cc1. The minimum Gasteiger partial charge on any atom is -0.497 e. The average Bonchev–Trinajstić information content (AvgIpc) is 3.07. The van der Waals surface area contributed by atoms with E-state index < -0.39 is 0 Å². The highest BCUT2D eigenvalue weighted by atomic mass is 16.5. The third kappa shape index (κ3) is 2.78. The lowest BCUT2D eigenvalue weighted by atomic mass is 9.97. The third-order valence-electron chi connectivity index (χ3n) is 4.49. The highest BCUT2D eigenvalue weighted by Crippen LogP contribution is 2.35. The quantitative estimate of drug-likeness (QED) is 0.450. The maximum atomic E-state index is 13.3. The maximum Gasteiger partial charge on any atom is 0.197 e. The van der Waals surface area contributed by atoms with E-state index in [2.05, 4.69) is 0 Å². The summed E-state index contributed by atoms with van der Waals surface area (Å²) in [5.74, 6) is 1.30. The van der Waals surface area contributed by atoms with Crippen LogP contribution in [0.4, 0.5) is 0 Å². The summed E-state index contributed by atoms with van der Waals surface area (Å²) < 4.78 is 11.3. The predicted molar refractivity (Wildman–Crippen MR) is 103 cm³/mol. The van der Waals surface area contributed by atoms with Gasteiger partial charge in [-0.1, -0.05) is 48.0 Å². The zero-order chi connectivity index (χ0) is 18.1. The van der Waals surface area contributed by atoms with E-state index in [-0.39, 0.29) is 5.78 Å². The standard InChI is InChI=1S/C23H18O3/c1-15-7-9-16(10-8-15)22(24)21-19-5-3-4-6-20(19)26-23(21)17-11-13-18(25-2)14-12-17/h3-14H,1-2H3. The molecule has 0 saturated heterocycles. The summed E-state index contributed by atoms with van der Waals surface area (Å²) in [7, 11) is 1.63. The fourth-order valence-electron chi connectivity index (χ4n) is 3.07. The summed E-state index contributed by atoms with van der Waals surface area (Å²) in [6, 6.07) is 22.8. The first-order valence-corrected chi connectivity index (χ1v) is 8.44. The molecule has 0 unspecified atom stereocenters. The summed E-state index contributed by atoms with van der Waals surface area (Å²) in [5, 5.41) is 0.823. The van der Waals surface area contributed by atoms with Crippen LogP contribution in [-0.4, -0.2) is 12.9 Å². The van der Waals surface area contributed by atoms with Crippen LogP contribution in [-0.2, 0) is 0 Å². The summed E-state index contributed by atoms with van der Waals surface area (Å²) >= 11 is 0. The van der Waals surface area contributed by atoms with Crippen LogP contribution in [0, 0.1) is 6.92 Å². The normalized spacial score (nSPS) is 10.8. The first-order valence-electron chi connectivity index (χ1n) is 8.44. The van der Waals surface area contributed by atoms with Crippen molar-refractivity contribution in [2.75, 3.05) is 7.11 Å². The molecule has 0 radical (unpaired) electrons. The Bertz CT molecular complexity index is 1070. The molecule has 0 saturated carbocycles. The van der Waals surface area contributed by atoms with Crippen molar-refractivity contribution in [2.24, 2.45) is 0 Å². The number of ether oxygens (including phenoxy) is 1. The monoisotopic (exact) mass is 342 g/mol. The van der Waals surface area contributed by atoms with Gasteiger partial charge in [-0.25, -0.2) is 0 Å². The number of ketones is 1. The highest BCUT2D eigenvalue weighted by Gasteiger charge is 2.23. The van der Waals surface area contributed by atoms with Crippen molar-refractivity contribution in [3.63, 3.8) is 0 Å². The molecule has 3 heteroatoms. The van der Waals surface area contributed by atoms with Crippen LogP contribution < -0.4 is 4.74 Å². The van der Waals surface area contributed by atoms with Crippen LogP contribution in [0.25, 0.3) is 22.3 Å². The fraction of sp³-hybridized carbons (Fsp3) is 0.0870. The summed E-state index contributed by atoms with van der Waals surface area (Å²) in [6.45, 7) is 2.00. The molecule has 0 amide bonds. The molecule has 0 aliphatic heterocycles. The molecule has 0 spiro atoms. The van der Waals surface area contributed by atoms with E-state index in [9.17, 15) is 4.79 Å². The lowest BCUT2D eigenvalue weighted by Gasteiger charge is -2.05. The van der Waals surface area contributed by atoms with Gasteiger partial charge in [0.05, 0.1) is 12.7 Å². The van der Waals surface area contributed by atoms with E-state index in [1.165, 1.54) is 0 Å². The largest absolute Gasteiger partial charge is 0.497 e. The second-order valence-corrected chi connectivity index (χ2v) is 6.23. The van der Waals surface area contributed by atoms with Crippen molar-refractivity contribution in [1.29, 1.82) is 0 Å². The number of methoxy groups -OCH3 is 1. The second kappa shape index (κ2) is 6.52. The summed E-state index contributed by atoms with van der Waals surface area (Å²) in [5.41, 5.74) is 3.91. The molecule has 0 N–H and O–H groups in total. The molecule has 1 heterocycles. The topological polar surface area (TPSA) is 39.4 Å². The Kier molecular flexibility index (Phi) is 4.05. The Labute approximate surface area is 151 Å². The molecule has 0 atom stereocenters. The zero-order valence-electron chi connectivity index (χ0n) is 14.7. The van der Waals surface area contributed by atoms with Gasteiger partial charge in [0.15, 0.2) is 5.78 Å². The van der Waals surface area contributed by atoms with E-state index in [1.807, 2.05) is 79.7 Å². The Balaban J connectivity index is 1.91. The van der Waals surface area contributed by atoms with E-state index in [1.54, 1.807) is 7.11 Å². The average molecular weight is 342 g/mol. The molecule has 0 fully saturated rings. The minimum atomic E-state index is -0.0410. The van der Waals surface area contributed by atoms with Gasteiger partial charge >= 0.3 is 0 Å². The van der Waals surface area contributed by atoms with Crippen molar-refractivity contribution in [1.82, 2.24) is 0 Å². The number of aryl methyl sites for hydroxylation is 1. The van der Waals surface area contributed by atoms with E-state index >= 15 is 0 Å². The third-order valence-corrected chi connectivity index (χ3v) is 4.49. The van der Waals surface area contributed by atoms with E-state index in [4.69, 9.17) is 9.15 Å². The molecule has 128 valence electrons. The molecule has 0 bridgehead atoms. The fourth-order valence-corrected chi connectivity index (χ4v) is 3.07. The minimum absolute atomic E-state index is 0.0410. The molecule has 3 nitrogen and oxygen atoms in total. The summed E-state index contributed by atoms with van der Waals surface area (Å²) in [6.07, 6.45) is 0. The van der Waals surface area contributed by atoms with Crippen LogP contribution in [0.2, 0.25) is 0 Å². The Morgan fingerprint density at radius 1 is 0.885 bits per heavy atom. The molecule has 0 aliphatic rings. The second-order valence-electron chi connectivity index (χ2n) is 6.23. The predicted octanol–water partition coefficient (Wildman–Crippen LogP) is 5.65. The van der Waals surface area contributed by atoms with Crippen molar-refractivity contribution >= 4 is 16.8 Å². The first kappa shape index (κ1) is 16.2. The molecular weight excluding hydrogens is 324 g/mol. The van der Waals surface area contributed by atoms with Gasteiger partial charge in [-0.05, 0) is 37.3 Å². The van der Waals surface area contributed by atoms with Crippen molar-refractivity contribution < 1.29 is 13.9 Å². The number of para-hydroxylation sites is 1. The van der Waals surface area contributed by atoms with Crippen LogP contribution >= 0.6 is 0 Å². The van der Waals surface area contributed by atoms with Crippen LogP contribution in [0.15, 0.2) is 77.2 Å². The van der Waals surface area contributed by atoms with Gasteiger partial charge in [-0.3, -0.25) is 4.79 Å². The molecule has 1 aromatic heterocycles. The molecule has 3 aromatic carbocycles. The number of furan rings is 1.